The van der Waals surface area contributed by atoms with Gasteiger partial charge in [0, 0.05) is 11.4 Å². The number of aryl methyl sites for hydroxylation is 2. The molecule has 0 aliphatic heterocycles. The van der Waals surface area contributed by atoms with E-state index in [1.165, 1.54) is 6.07 Å². The van der Waals surface area contributed by atoms with Gasteiger partial charge in [0.1, 0.15) is 17.3 Å². The van der Waals surface area contributed by atoms with E-state index >= 15 is 0 Å². The molecule has 0 fully saturated rings. The molecule has 2 N–H and O–H groups in total. The molecule has 3 rings (SSSR count). The lowest BCUT2D eigenvalue weighted by atomic mass is 10.2. The maximum absolute atomic E-state index is 12.8. The molecule has 0 unspecified atom stereocenters. The molecule has 1 aromatic carbocycles. The van der Waals surface area contributed by atoms with Crippen molar-refractivity contribution in [3.05, 3.63) is 47.4 Å². The molecular weight excluding hydrogens is 293 g/mol. The molecule has 0 amide bonds. The van der Waals surface area contributed by atoms with Gasteiger partial charge in [0.15, 0.2) is 0 Å². The number of halogens is 3. The summed E-state index contributed by atoms with van der Waals surface area (Å²) in [5.41, 5.74) is 1.18. The predicted molar refractivity (Wildman–Crippen MR) is 78.1 cm³/mol. The van der Waals surface area contributed by atoms with E-state index in [-0.39, 0.29) is 0 Å². The third-order valence-electron chi connectivity index (χ3n) is 3.19. The summed E-state index contributed by atoms with van der Waals surface area (Å²) in [5.74, 6) is 1.01. The number of aromatic nitrogens is 3. The van der Waals surface area contributed by atoms with Crippen LogP contribution in [0.2, 0.25) is 0 Å². The van der Waals surface area contributed by atoms with Crippen LogP contribution in [-0.4, -0.2) is 15.0 Å². The number of alkyl halides is 3. The number of benzene rings is 1. The average Bonchev–Trinajstić information content (AvgIpc) is 2.78. The van der Waals surface area contributed by atoms with E-state index in [0.29, 0.717) is 23.0 Å². The number of hydrogen-bond acceptors (Lipinski definition) is 3. The second-order valence-corrected chi connectivity index (χ2v) is 5.04. The molecule has 3 aromatic rings. The van der Waals surface area contributed by atoms with Crippen LogP contribution in [0.3, 0.4) is 0 Å². The number of aromatic amines is 1. The molecule has 2 heterocycles. The van der Waals surface area contributed by atoms with Gasteiger partial charge in [-0.15, -0.1) is 0 Å². The van der Waals surface area contributed by atoms with Crippen LogP contribution in [0.4, 0.5) is 24.7 Å². The first kappa shape index (κ1) is 14.4. The molecule has 22 heavy (non-hydrogen) atoms. The SMILES string of the molecule is Cc1nc(Nc2cccc(C(F)(F)F)c2)c2cc(C)[nH]c2n1. The summed E-state index contributed by atoms with van der Waals surface area (Å²) in [7, 11) is 0. The summed E-state index contributed by atoms with van der Waals surface area (Å²) in [6, 6.07) is 6.87. The zero-order chi connectivity index (χ0) is 15.9. The van der Waals surface area contributed by atoms with Crippen molar-refractivity contribution in [1.29, 1.82) is 0 Å². The molecule has 0 saturated heterocycles. The average molecular weight is 306 g/mol. The van der Waals surface area contributed by atoms with Gasteiger partial charge in [-0.3, -0.25) is 0 Å². The van der Waals surface area contributed by atoms with Crippen LogP contribution in [0, 0.1) is 13.8 Å². The molecular formula is C15H13F3N4. The molecule has 0 radical (unpaired) electrons. The van der Waals surface area contributed by atoms with Crippen LogP contribution in [0.15, 0.2) is 30.3 Å². The molecule has 0 bridgehead atoms. The monoisotopic (exact) mass is 306 g/mol. The van der Waals surface area contributed by atoms with E-state index in [1.54, 1.807) is 13.0 Å². The second kappa shape index (κ2) is 5.01. The first-order chi connectivity index (χ1) is 10.3. The molecule has 4 nitrogen and oxygen atoms in total. The Hall–Kier alpha value is -2.57. The van der Waals surface area contributed by atoms with Crippen molar-refractivity contribution in [2.24, 2.45) is 0 Å². The number of nitrogens with one attached hydrogen (secondary N) is 2. The Morgan fingerprint density at radius 3 is 2.59 bits per heavy atom. The fourth-order valence-electron chi connectivity index (χ4n) is 2.26. The molecule has 0 aliphatic rings. The summed E-state index contributed by atoms with van der Waals surface area (Å²) in [5, 5.41) is 3.68. The summed E-state index contributed by atoms with van der Waals surface area (Å²) in [4.78, 5) is 11.6. The molecule has 0 atom stereocenters. The van der Waals surface area contributed by atoms with Crippen molar-refractivity contribution < 1.29 is 13.2 Å². The van der Waals surface area contributed by atoms with E-state index in [4.69, 9.17) is 0 Å². The van der Waals surface area contributed by atoms with Gasteiger partial charge in [0.2, 0.25) is 0 Å². The number of hydrogen-bond donors (Lipinski definition) is 2. The van der Waals surface area contributed by atoms with E-state index in [1.807, 2.05) is 13.0 Å². The highest BCUT2D eigenvalue weighted by Crippen LogP contribution is 2.32. The van der Waals surface area contributed by atoms with Crippen LogP contribution >= 0.6 is 0 Å². The molecule has 0 saturated carbocycles. The molecule has 2 aromatic heterocycles. The second-order valence-electron chi connectivity index (χ2n) is 5.04. The van der Waals surface area contributed by atoms with E-state index < -0.39 is 11.7 Å². The van der Waals surface area contributed by atoms with Crippen LogP contribution < -0.4 is 5.32 Å². The van der Waals surface area contributed by atoms with Gasteiger partial charge in [0.05, 0.1) is 10.9 Å². The van der Waals surface area contributed by atoms with Crippen molar-refractivity contribution in [2.75, 3.05) is 5.32 Å². The number of anilines is 2. The highest BCUT2D eigenvalue weighted by molar-refractivity contribution is 5.89. The Labute approximate surface area is 124 Å². The van der Waals surface area contributed by atoms with Gasteiger partial charge < -0.3 is 10.3 Å². The van der Waals surface area contributed by atoms with E-state index in [0.717, 1.165) is 23.2 Å². The number of nitrogens with zero attached hydrogens (tertiary/aromatic N) is 2. The molecule has 7 heteroatoms. The first-order valence-electron chi connectivity index (χ1n) is 6.61. The summed E-state index contributed by atoms with van der Waals surface area (Å²) in [6.07, 6.45) is -4.38. The Morgan fingerprint density at radius 2 is 1.86 bits per heavy atom. The van der Waals surface area contributed by atoms with Crippen LogP contribution in [0.25, 0.3) is 11.0 Å². The summed E-state index contributed by atoms with van der Waals surface area (Å²) < 4.78 is 38.3. The van der Waals surface area contributed by atoms with Gasteiger partial charge in [-0.25, -0.2) is 9.97 Å². The van der Waals surface area contributed by atoms with Gasteiger partial charge >= 0.3 is 6.18 Å². The van der Waals surface area contributed by atoms with Crippen molar-refractivity contribution in [3.63, 3.8) is 0 Å². The normalized spacial score (nSPS) is 11.9. The third kappa shape index (κ3) is 2.74. The maximum Gasteiger partial charge on any atom is 0.416 e. The lowest BCUT2D eigenvalue weighted by molar-refractivity contribution is -0.137. The fraction of sp³-hybridized carbons (Fsp3) is 0.200. The minimum absolute atomic E-state index is 0.327. The Morgan fingerprint density at radius 1 is 1.09 bits per heavy atom. The van der Waals surface area contributed by atoms with Gasteiger partial charge in [-0.2, -0.15) is 13.2 Å². The standard InChI is InChI=1S/C15H13F3N4/c1-8-6-12-13(19-8)20-9(2)21-14(12)22-11-5-3-4-10(7-11)15(16,17)18/h3-7H,1-2H3,(H2,19,20,21,22). The largest absolute Gasteiger partial charge is 0.416 e. The molecule has 0 aliphatic carbocycles. The van der Waals surface area contributed by atoms with Crippen LogP contribution in [-0.2, 0) is 6.18 Å². The first-order valence-corrected chi connectivity index (χ1v) is 6.61. The highest BCUT2D eigenvalue weighted by atomic mass is 19.4. The van der Waals surface area contributed by atoms with Crippen molar-refractivity contribution in [1.82, 2.24) is 15.0 Å². The third-order valence-corrected chi connectivity index (χ3v) is 3.19. The molecule has 114 valence electrons. The van der Waals surface area contributed by atoms with Gasteiger partial charge in [-0.1, -0.05) is 6.07 Å². The molecule has 0 spiro atoms. The number of H-pyrrole nitrogens is 1. The fourth-order valence-corrected chi connectivity index (χ4v) is 2.26. The Kier molecular flexibility index (Phi) is 3.27. The van der Waals surface area contributed by atoms with Crippen molar-refractivity contribution in [3.8, 4) is 0 Å². The van der Waals surface area contributed by atoms with Crippen molar-refractivity contribution >= 4 is 22.5 Å². The van der Waals surface area contributed by atoms with Crippen molar-refractivity contribution in [2.45, 2.75) is 20.0 Å². The lowest BCUT2D eigenvalue weighted by Crippen LogP contribution is -2.05. The predicted octanol–water partition coefficient (Wildman–Crippen LogP) is 4.34. The van der Waals surface area contributed by atoms with Gasteiger partial charge in [0.25, 0.3) is 0 Å². The minimum Gasteiger partial charge on any atom is -0.343 e. The zero-order valence-electron chi connectivity index (χ0n) is 11.9. The van der Waals surface area contributed by atoms with Gasteiger partial charge in [-0.05, 0) is 38.1 Å². The van der Waals surface area contributed by atoms with Crippen LogP contribution in [0.5, 0.6) is 0 Å². The number of rotatable bonds is 2. The summed E-state index contributed by atoms with van der Waals surface area (Å²) >= 11 is 0. The topological polar surface area (TPSA) is 53.6 Å². The van der Waals surface area contributed by atoms with E-state index in [2.05, 4.69) is 20.3 Å². The Balaban J connectivity index is 2.03. The highest BCUT2D eigenvalue weighted by Gasteiger charge is 2.30. The smallest absolute Gasteiger partial charge is 0.343 e. The Bertz CT molecular complexity index is 836. The zero-order valence-corrected chi connectivity index (χ0v) is 11.9. The summed E-state index contributed by atoms with van der Waals surface area (Å²) in [6.45, 7) is 3.61. The van der Waals surface area contributed by atoms with E-state index in [9.17, 15) is 13.2 Å². The van der Waals surface area contributed by atoms with Crippen LogP contribution in [0.1, 0.15) is 17.1 Å². The minimum atomic E-state index is -4.38. The lowest BCUT2D eigenvalue weighted by Gasteiger charge is -2.11. The maximum atomic E-state index is 12.8. The quantitative estimate of drug-likeness (QED) is 0.740. The number of fused-ring (bicyclic) bond motifs is 1.